The summed E-state index contributed by atoms with van der Waals surface area (Å²) < 4.78 is 5.56. The van der Waals surface area contributed by atoms with Crippen LogP contribution >= 0.6 is 0 Å². The first-order valence-electron chi connectivity index (χ1n) is 9.63. The largest absolute Gasteiger partial charge is 0.504 e. The van der Waals surface area contributed by atoms with Gasteiger partial charge in [0.15, 0.2) is 17.2 Å². The summed E-state index contributed by atoms with van der Waals surface area (Å²) in [6.45, 7) is 2.13. The average Bonchev–Trinajstić information content (AvgIpc) is 2.69. The molecule has 1 fully saturated rings. The van der Waals surface area contributed by atoms with Crippen molar-refractivity contribution in [1.29, 1.82) is 0 Å². The SMILES string of the molecule is CCC1=C(C(=O)OCC2CCCCC2)C(c2cc(O)c(O)c(O)c2)NC(=O)N1. The molecule has 0 radical (unpaired) electrons. The lowest BCUT2D eigenvalue weighted by Crippen LogP contribution is -2.46. The van der Waals surface area contributed by atoms with Crippen LogP contribution in [0.1, 0.15) is 57.1 Å². The number of benzene rings is 1. The van der Waals surface area contributed by atoms with Crippen molar-refractivity contribution in [3.05, 3.63) is 29.0 Å². The van der Waals surface area contributed by atoms with Crippen LogP contribution in [-0.2, 0) is 9.53 Å². The lowest BCUT2D eigenvalue weighted by molar-refractivity contribution is -0.141. The summed E-state index contributed by atoms with van der Waals surface area (Å²) in [6.07, 6.45) is 5.94. The minimum atomic E-state index is -0.917. The fourth-order valence-electron chi connectivity index (χ4n) is 3.80. The fourth-order valence-corrected chi connectivity index (χ4v) is 3.80. The number of phenols is 3. The van der Waals surface area contributed by atoms with E-state index in [2.05, 4.69) is 10.6 Å². The van der Waals surface area contributed by atoms with Gasteiger partial charge in [0.1, 0.15) is 0 Å². The molecule has 0 spiro atoms. The van der Waals surface area contributed by atoms with E-state index in [1.165, 1.54) is 18.6 Å². The lowest BCUT2D eigenvalue weighted by atomic mass is 9.90. The Labute approximate surface area is 163 Å². The molecule has 8 nitrogen and oxygen atoms in total. The zero-order valence-corrected chi connectivity index (χ0v) is 15.8. The Hall–Kier alpha value is -2.90. The number of carbonyl (C=O) groups excluding carboxylic acids is 2. The highest BCUT2D eigenvalue weighted by Crippen LogP contribution is 2.40. The molecule has 8 heteroatoms. The summed E-state index contributed by atoms with van der Waals surface area (Å²) in [7, 11) is 0. The number of ether oxygens (including phenoxy) is 1. The van der Waals surface area contributed by atoms with Crippen molar-refractivity contribution in [2.24, 2.45) is 5.92 Å². The zero-order chi connectivity index (χ0) is 20.3. The number of aromatic hydroxyl groups is 3. The van der Waals surface area contributed by atoms with Crippen LogP contribution in [0.25, 0.3) is 0 Å². The molecular weight excluding hydrogens is 364 g/mol. The molecule has 1 unspecified atom stereocenters. The molecule has 2 aliphatic rings. The molecule has 3 rings (SSSR count). The van der Waals surface area contributed by atoms with Crippen molar-refractivity contribution in [3.8, 4) is 17.2 Å². The number of hydrogen-bond donors (Lipinski definition) is 5. The van der Waals surface area contributed by atoms with Gasteiger partial charge in [-0.15, -0.1) is 0 Å². The highest BCUT2D eigenvalue weighted by atomic mass is 16.5. The molecule has 1 aromatic carbocycles. The highest BCUT2D eigenvalue weighted by molar-refractivity contribution is 5.95. The first kappa shape index (κ1) is 19.9. The number of carbonyl (C=O) groups is 2. The molecule has 0 saturated heterocycles. The third-order valence-electron chi connectivity index (χ3n) is 5.33. The standard InChI is InChI=1S/C20H26N2O6/c1-2-13-16(19(26)28-10-11-6-4-3-5-7-11)17(22-20(27)21-13)12-8-14(23)18(25)15(24)9-12/h8-9,11,17,23-25H,2-7,10H2,1H3,(H2,21,22,27). The van der Waals surface area contributed by atoms with Crippen LogP contribution < -0.4 is 10.6 Å². The average molecular weight is 390 g/mol. The second-order valence-corrected chi connectivity index (χ2v) is 7.29. The molecule has 1 aliphatic carbocycles. The second-order valence-electron chi connectivity index (χ2n) is 7.29. The molecule has 1 atom stereocenters. The number of amides is 2. The quantitative estimate of drug-likeness (QED) is 0.388. The summed E-state index contributed by atoms with van der Waals surface area (Å²) in [5, 5.41) is 34.5. The monoisotopic (exact) mass is 390 g/mol. The number of hydrogen-bond acceptors (Lipinski definition) is 6. The predicted molar refractivity (Wildman–Crippen MR) is 101 cm³/mol. The van der Waals surface area contributed by atoms with Crippen LogP contribution in [0.3, 0.4) is 0 Å². The number of allylic oxidation sites excluding steroid dienone is 1. The van der Waals surface area contributed by atoms with Crippen molar-refractivity contribution >= 4 is 12.0 Å². The molecule has 0 aromatic heterocycles. The normalized spacial score (nSPS) is 20.5. The molecule has 2 amide bonds. The van der Waals surface area contributed by atoms with Gasteiger partial charge in [-0.3, -0.25) is 0 Å². The van der Waals surface area contributed by atoms with Crippen LogP contribution in [0.4, 0.5) is 4.79 Å². The van der Waals surface area contributed by atoms with Crippen LogP contribution in [0, 0.1) is 5.92 Å². The first-order valence-corrected chi connectivity index (χ1v) is 9.63. The van der Waals surface area contributed by atoms with Crippen molar-refractivity contribution in [1.82, 2.24) is 10.6 Å². The van der Waals surface area contributed by atoms with Gasteiger partial charge in [-0.25, -0.2) is 9.59 Å². The molecule has 1 aliphatic heterocycles. The molecular formula is C20H26N2O6. The van der Waals surface area contributed by atoms with E-state index in [0.717, 1.165) is 25.7 Å². The lowest BCUT2D eigenvalue weighted by Gasteiger charge is -2.30. The molecule has 5 N–H and O–H groups in total. The summed E-state index contributed by atoms with van der Waals surface area (Å²) in [4.78, 5) is 24.9. The number of phenolic OH excluding ortho intramolecular Hbond substituents is 3. The Kier molecular flexibility index (Phi) is 5.96. The van der Waals surface area contributed by atoms with Gasteiger partial charge < -0.3 is 30.7 Å². The van der Waals surface area contributed by atoms with E-state index in [-0.39, 0.29) is 11.1 Å². The highest BCUT2D eigenvalue weighted by Gasteiger charge is 2.34. The van der Waals surface area contributed by atoms with Gasteiger partial charge in [0.2, 0.25) is 0 Å². The van der Waals surface area contributed by atoms with Crippen molar-refractivity contribution < 1.29 is 29.6 Å². The van der Waals surface area contributed by atoms with Crippen molar-refractivity contribution in [2.75, 3.05) is 6.61 Å². The molecule has 1 heterocycles. The molecule has 1 saturated carbocycles. The first-order chi connectivity index (χ1) is 13.4. The number of urea groups is 1. The maximum Gasteiger partial charge on any atom is 0.338 e. The van der Waals surface area contributed by atoms with Gasteiger partial charge in [-0.1, -0.05) is 26.2 Å². The topological polar surface area (TPSA) is 128 Å². The van der Waals surface area contributed by atoms with Crippen molar-refractivity contribution in [2.45, 2.75) is 51.5 Å². The Bertz CT molecular complexity index is 775. The van der Waals surface area contributed by atoms with Gasteiger partial charge in [0.25, 0.3) is 0 Å². The third kappa shape index (κ3) is 4.16. The van der Waals surface area contributed by atoms with Gasteiger partial charge >= 0.3 is 12.0 Å². The van der Waals surface area contributed by atoms with E-state index < -0.39 is 35.3 Å². The Morgan fingerprint density at radius 2 is 1.79 bits per heavy atom. The van der Waals surface area contributed by atoms with E-state index in [1.54, 1.807) is 6.92 Å². The summed E-state index contributed by atoms with van der Waals surface area (Å²) in [5.41, 5.74) is 0.912. The summed E-state index contributed by atoms with van der Waals surface area (Å²) in [5.74, 6) is -1.96. The number of rotatable bonds is 5. The van der Waals surface area contributed by atoms with Crippen LogP contribution in [0.2, 0.25) is 0 Å². The summed E-state index contributed by atoms with van der Waals surface area (Å²) in [6, 6.07) is 0.984. The van der Waals surface area contributed by atoms with E-state index in [9.17, 15) is 24.9 Å². The predicted octanol–water partition coefficient (Wildman–Crippen LogP) is 2.94. The minimum absolute atomic E-state index is 0.224. The van der Waals surface area contributed by atoms with Gasteiger partial charge in [0.05, 0.1) is 18.2 Å². The van der Waals surface area contributed by atoms with Crippen molar-refractivity contribution in [3.63, 3.8) is 0 Å². The minimum Gasteiger partial charge on any atom is -0.504 e. The fraction of sp³-hybridized carbons (Fsp3) is 0.500. The maximum absolute atomic E-state index is 12.9. The Morgan fingerprint density at radius 3 is 2.39 bits per heavy atom. The zero-order valence-electron chi connectivity index (χ0n) is 15.8. The van der Waals surface area contributed by atoms with Gasteiger partial charge in [-0.2, -0.15) is 0 Å². The smallest absolute Gasteiger partial charge is 0.338 e. The van der Waals surface area contributed by atoms with Crippen LogP contribution in [0.5, 0.6) is 17.2 Å². The Morgan fingerprint density at radius 1 is 1.14 bits per heavy atom. The second kappa shape index (κ2) is 8.41. The van der Waals surface area contributed by atoms with Crippen LogP contribution in [0.15, 0.2) is 23.4 Å². The van der Waals surface area contributed by atoms with E-state index in [1.807, 2.05) is 0 Å². The van der Waals surface area contributed by atoms with Gasteiger partial charge in [-0.05, 0) is 42.9 Å². The molecule has 152 valence electrons. The third-order valence-corrected chi connectivity index (χ3v) is 5.33. The summed E-state index contributed by atoms with van der Waals surface area (Å²) >= 11 is 0. The van der Waals surface area contributed by atoms with Crippen LogP contribution in [-0.4, -0.2) is 33.9 Å². The van der Waals surface area contributed by atoms with E-state index in [0.29, 0.717) is 24.6 Å². The Balaban J connectivity index is 1.88. The number of nitrogens with one attached hydrogen (secondary N) is 2. The molecule has 28 heavy (non-hydrogen) atoms. The van der Waals surface area contributed by atoms with E-state index >= 15 is 0 Å². The van der Waals surface area contributed by atoms with E-state index in [4.69, 9.17) is 4.74 Å². The maximum atomic E-state index is 12.9. The number of esters is 1. The molecule has 1 aromatic rings. The molecule has 0 bridgehead atoms. The van der Waals surface area contributed by atoms with Gasteiger partial charge in [0, 0.05) is 5.70 Å².